The largest absolute Gasteiger partial charge is 0.490 e. The van der Waals surface area contributed by atoms with Gasteiger partial charge in [0.05, 0.1) is 12.0 Å². The van der Waals surface area contributed by atoms with Gasteiger partial charge in [-0.1, -0.05) is 0 Å². The van der Waals surface area contributed by atoms with Crippen molar-refractivity contribution < 1.29 is 14.5 Å². The fraction of sp³-hybridized carbons (Fsp3) is 0.462. The lowest BCUT2D eigenvalue weighted by Crippen LogP contribution is -2.45. The topological polar surface area (TPSA) is 93.5 Å². The van der Waals surface area contributed by atoms with Gasteiger partial charge in [-0.2, -0.15) is 0 Å². The van der Waals surface area contributed by atoms with Crippen LogP contribution in [0.3, 0.4) is 0 Å². The molecule has 0 bridgehead atoms. The van der Waals surface area contributed by atoms with E-state index in [-0.39, 0.29) is 23.4 Å². The number of carbonyl (C=O) groups is 1. The van der Waals surface area contributed by atoms with E-state index >= 15 is 0 Å². The highest BCUT2D eigenvalue weighted by Gasteiger charge is 2.20. The minimum Gasteiger partial charge on any atom is -0.490 e. The average molecular weight is 279 g/mol. The molecule has 0 unspecified atom stereocenters. The van der Waals surface area contributed by atoms with Gasteiger partial charge in [0.15, 0.2) is 5.75 Å². The monoisotopic (exact) mass is 279 g/mol. The van der Waals surface area contributed by atoms with Crippen molar-refractivity contribution in [1.29, 1.82) is 0 Å². The summed E-state index contributed by atoms with van der Waals surface area (Å²) in [4.78, 5) is 22.4. The van der Waals surface area contributed by atoms with E-state index in [1.54, 1.807) is 0 Å². The Kier molecular flexibility index (Phi) is 4.52. The van der Waals surface area contributed by atoms with Gasteiger partial charge < -0.3 is 15.4 Å². The molecular weight excluding hydrogens is 262 g/mol. The Balaban J connectivity index is 2.11. The van der Waals surface area contributed by atoms with E-state index in [1.807, 2.05) is 0 Å². The number of nitrogens with one attached hydrogen (secondary N) is 2. The van der Waals surface area contributed by atoms with Crippen molar-refractivity contribution in [3.05, 3.63) is 33.9 Å². The maximum absolute atomic E-state index is 12.1. The van der Waals surface area contributed by atoms with Crippen LogP contribution < -0.4 is 15.4 Å². The van der Waals surface area contributed by atoms with E-state index in [9.17, 15) is 14.9 Å². The number of nitrogens with zero attached hydrogens (tertiary/aromatic N) is 1. The van der Waals surface area contributed by atoms with E-state index in [1.165, 1.54) is 25.3 Å². The Bertz CT molecular complexity index is 512. The van der Waals surface area contributed by atoms with Gasteiger partial charge >= 0.3 is 5.69 Å². The van der Waals surface area contributed by atoms with Gasteiger partial charge in [0.2, 0.25) is 0 Å². The number of amides is 1. The molecular formula is C13H17N3O4. The molecule has 1 atom stereocenters. The highest BCUT2D eigenvalue weighted by atomic mass is 16.6. The third kappa shape index (κ3) is 3.24. The molecule has 0 radical (unpaired) electrons. The second-order valence-corrected chi connectivity index (χ2v) is 4.66. The van der Waals surface area contributed by atoms with Gasteiger partial charge in [-0.25, -0.2) is 0 Å². The van der Waals surface area contributed by atoms with E-state index in [0.29, 0.717) is 5.56 Å². The average Bonchev–Trinajstić information content (AvgIpc) is 2.47. The summed E-state index contributed by atoms with van der Waals surface area (Å²) in [5.74, 6) is -0.156. The summed E-state index contributed by atoms with van der Waals surface area (Å²) < 4.78 is 4.95. The number of carbonyl (C=O) groups excluding carboxylic acids is 1. The molecule has 7 nitrogen and oxygen atoms in total. The van der Waals surface area contributed by atoms with Crippen molar-refractivity contribution in [3.8, 4) is 5.75 Å². The molecule has 0 aromatic heterocycles. The minimum atomic E-state index is -0.536. The Morgan fingerprint density at radius 2 is 2.35 bits per heavy atom. The summed E-state index contributed by atoms with van der Waals surface area (Å²) in [5.41, 5.74) is 0.210. The zero-order valence-electron chi connectivity index (χ0n) is 11.2. The van der Waals surface area contributed by atoms with Crippen LogP contribution in [0.25, 0.3) is 0 Å². The Morgan fingerprint density at radius 1 is 1.55 bits per heavy atom. The Labute approximate surface area is 116 Å². The van der Waals surface area contributed by atoms with Gasteiger partial charge in [-0.3, -0.25) is 14.9 Å². The molecule has 108 valence electrons. The molecule has 1 heterocycles. The fourth-order valence-corrected chi connectivity index (χ4v) is 2.21. The summed E-state index contributed by atoms with van der Waals surface area (Å²) in [6.07, 6.45) is 1.96. The van der Waals surface area contributed by atoms with E-state index < -0.39 is 4.92 Å². The number of ether oxygens (including phenoxy) is 1. The van der Waals surface area contributed by atoms with Gasteiger partial charge in [0.1, 0.15) is 0 Å². The fourth-order valence-electron chi connectivity index (χ4n) is 2.21. The molecule has 1 aromatic rings. The number of nitro groups is 1. The normalized spacial score (nSPS) is 18.4. The molecule has 2 rings (SSSR count). The highest BCUT2D eigenvalue weighted by molar-refractivity contribution is 5.95. The van der Waals surface area contributed by atoms with Crippen molar-refractivity contribution >= 4 is 11.6 Å². The van der Waals surface area contributed by atoms with Gasteiger partial charge in [0.25, 0.3) is 5.91 Å². The Morgan fingerprint density at radius 3 is 2.95 bits per heavy atom. The van der Waals surface area contributed by atoms with E-state index in [4.69, 9.17) is 4.74 Å². The van der Waals surface area contributed by atoms with Crippen molar-refractivity contribution in [2.24, 2.45) is 0 Å². The van der Waals surface area contributed by atoms with Crippen LogP contribution in [-0.2, 0) is 0 Å². The number of hydrogen-bond donors (Lipinski definition) is 2. The highest BCUT2D eigenvalue weighted by Crippen LogP contribution is 2.27. The molecule has 1 aromatic carbocycles. The first-order chi connectivity index (χ1) is 9.61. The van der Waals surface area contributed by atoms with Crippen LogP contribution in [0, 0.1) is 10.1 Å². The number of piperidine rings is 1. The lowest BCUT2D eigenvalue weighted by atomic mass is 10.1. The SMILES string of the molecule is COc1cc(C(=O)N[C@@H]2CCCNC2)ccc1[N+](=O)[O-]. The minimum absolute atomic E-state index is 0.0874. The first-order valence-electron chi connectivity index (χ1n) is 6.46. The predicted molar refractivity (Wildman–Crippen MR) is 73.0 cm³/mol. The smallest absolute Gasteiger partial charge is 0.310 e. The van der Waals surface area contributed by atoms with Crippen LogP contribution in [0.2, 0.25) is 0 Å². The van der Waals surface area contributed by atoms with Crippen LogP contribution in [-0.4, -0.2) is 37.1 Å². The molecule has 1 aliphatic heterocycles. The van der Waals surface area contributed by atoms with Crippen LogP contribution in [0.1, 0.15) is 23.2 Å². The first-order valence-corrected chi connectivity index (χ1v) is 6.46. The van der Waals surface area contributed by atoms with E-state index in [0.717, 1.165) is 25.9 Å². The molecule has 1 fully saturated rings. The zero-order chi connectivity index (χ0) is 14.5. The summed E-state index contributed by atoms with van der Waals surface area (Å²) in [7, 11) is 1.34. The lowest BCUT2D eigenvalue weighted by molar-refractivity contribution is -0.385. The number of nitro benzene ring substituents is 1. The third-order valence-corrected chi connectivity index (χ3v) is 3.27. The summed E-state index contributed by atoms with van der Waals surface area (Å²) in [6.45, 7) is 1.72. The van der Waals surface area contributed by atoms with Gasteiger partial charge in [0, 0.05) is 30.3 Å². The standard InChI is InChI=1S/C13H17N3O4/c1-20-12-7-9(4-5-11(12)16(18)19)13(17)15-10-3-2-6-14-8-10/h4-5,7,10,14H,2-3,6,8H2,1H3,(H,15,17)/t10-/m1/s1. The molecule has 1 amide bonds. The number of benzene rings is 1. The summed E-state index contributed by atoms with van der Waals surface area (Å²) >= 11 is 0. The summed E-state index contributed by atoms with van der Waals surface area (Å²) in [6, 6.07) is 4.21. The van der Waals surface area contributed by atoms with Crippen molar-refractivity contribution in [2.45, 2.75) is 18.9 Å². The van der Waals surface area contributed by atoms with Crippen LogP contribution in [0.5, 0.6) is 5.75 Å². The maximum atomic E-state index is 12.1. The molecule has 7 heteroatoms. The number of hydrogen-bond acceptors (Lipinski definition) is 5. The van der Waals surface area contributed by atoms with Crippen molar-refractivity contribution in [3.63, 3.8) is 0 Å². The quantitative estimate of drug-likeness (QED) is 0.635. The van der Waals surface area contributed by atoms with E-state index in [2.05, 4.69) is 10.6 Å². The second kappa shape index (κ2) is 6.33. The number of rotatable bonds is 4. The summed E-state index contributed by atoms with van der Waals surface area (Å²) in [5, 5.41) is 16.9. The number of methoxy groups -OCH3 is 1. The zero-order valence-corrected chi connectivity index (χ0v) is 11.2. The first kappa shape index (κ1) is 14.3. The van der Waals surface area contributed by atoms with Crippen molar-refractivity contribution in [1.82, 2.24) is 10.6 Å². The lowest BCUT2D eigenvalue weighted by Gasteiger charge is -2.23. The molecule has 1 saturated heterocycles. The third-order valence-electron chi connectivity index (χ3n) is 3.27. The molecule has 1 aliphatic rings. The van der Waals surface area contributed by atoms with Gasteiger partial charge in [-0.15, -0.1) is 0 Å². The predicted octanol–water partition coefficient (Wildman–Crippen LogP) is 1.09. The van der Waals surface area contributed by atoms with Gasteiger partial charge in [-0.05, 0) is 25.5 Å². The van der Waals surface area contributed by atoms with Crippen molar-refractivity contribution in [2.75, 3.05) is 20.2 Å². The molecule has 2 N–H and O–H groups in total. The molecule has 20 heavy (non-hydrogen) atoms. The van der Waals surface area contributed by atoms with Crippen LogP contribution in [0.15, 0.2) is 18.2 Å². The maximum Gasteiger partial charge on any atom is 0.310 e. The molecule has 0 aliphatic carbocycles. The molecule has 0 saturated carbocycles. The van der Waals surface area contributed by atoms with Crippen LogP contribution >= 0.6 is 0 Å². The Hall–Kier alpha value is -2.15. The molecule has 0 spiro atoms. The second-order valence-electron chi connectivity index (χ2n) is 4.66. The van der Waals surface area contributed by atoms with Crippen LogP contribution in [0.4, 0.5) is 5.69 Å².